The average molecular weight is 369 g/mol. The molecule has 3 atom stereocenters. The Balaban J connectivity index is 1.85. The number of alkyl halides is 3. The summed E-state index contributed by atoms with van der Waals surface area (Å²) < 4.78 is 38.3. The molecular formula is C18H22F3N3O2. The summed E-state index contributed by atoms with van der Waals surface area (Å²) >= 11 is 0. The normalized spacial score (nSPS) is 27.1. The minimum atomic E-state index is -4.42. The summed E-state index contributed by atoms with van der Waals surface area (Å²) in [5.41, 5.74) is 5.72. The zero-order valence-electron chi connectivity index (χ0n) is 14.5. The summed E-state index contributed by atoms with van der Waals surface area (Å²) in [4.78, 5) is 28.3. The second kappa shape index (κ2) is 6.90. The Morgan fingerprint density at radius 2 is 1.88 bits per heavy atom. The summed E-state index contributed by atoms with van der Waals surface area (Å²) in [6.07, 6.45) is -2.69. The van der Waals surface area contributed by atoms with Crippen LogP contribution in [0.2, 0.25) is 0 Å². The van der Waals surface area contributed by atoms with E-state index in [0.717, 1.165) is 25.0 Å². The Morgan fingerprint density at radius 1 is 1.23 bits per heavy atom. The number of hydrogen-bond donors (Lipinski definition) is 1. The molecule has 0 aliphatic carbocycles. The summed E-state index contributed by atoms with van der Waals surface area (Å²) in [7, 11) is 1.58. The minimum Gasteiger partial charge on any atom is -0.341 e. The van der Waals surface area contributed by atoms with Gasteiger partial charge in [-0.3, -0.25) is 9.59 Å². The number of likely N-dealkylation sites (tertiary alicyclic amines) is 2. The number of halogens is 3. The molecule has 0 spiro atoms. The van der Waals surface area contributed by atoms with Crippen molar-refractivity contribution in [3.8, 4) is 0 Å². The van der Waals surface area contributed by atoms with Crippen molar-refractivity contribution < 1.29 is 22.8 Å². The van der Waals surface area contributed by atoms with E-state index in [9.17, 15) is 22.8 Å². The highest BCUT2D eigenvalue weighted by molar-refractivity contribution is 5.90. The molecule has 2 amide bonds. The van der Waals surface area contributed by atoms with Gasteiger partial charge in [0.25, 0.3) is 0 Å². The van der Waals surface area contributed by atoms with Crippen molar-refractivity contribution in [1.82, 2.24) is 9.80 Å². The Hall–Kier alpha value is -2.09. The van der Waals surface area contributed by atoms with Crippen LogP contribution in [0.1, 0.15) is 36.4 Å². The number of hydrogen-bond acceptors (Lipinski definition) is 3. The van der Waals surface area contributed by atoms with Gasteiger partial charge in [-0.25, -0.2) is 0 Å². The molecule has 1 aromatic carbocycles. The van der Waals surface area contributed by atoms with E-state index < -0.39 is 23.7 Å². The van der Waals surface area contributed by atoms with Gasteiger partial charge in [-0.15, -0.1) is 0 Å². The lowest BCUT2D eigenvalue weighted by Gasteiger charge is -2.34. The van der Waals surface area contributed by atoms with Gasteiger partial charge >= 0.3 is 6.18 Å². The van der Waals surface area contributed by atoms with E-state index in [-0.39, 0.29) is 24.3 Å². The molecule has 2 N–H and O–H groups in total. The van der Waals surface area contributed by atoms with Crippen LogP contribution in [0, 0.1) is 5.92 Å². The van der Waals surface area contributed by atoms with E-state index >= 15 is 0 Å². The van der Waals surface area contributed by atoms with Crippen LogP contribution in [0.3, 0.4) is 0 Å². The monoisotopic (exact) mass is 369 g/mol. The molecule has 0 radical (unpaired) electrons. The zero-order valence-corrected chi connectivity index (χ0v) is 14.5. The third kappa shape index (κ3) is 3.56. The lowest BCUT2D eigenvalue weighted by atomic mass is 9.91. The predicted octanol–water partition coefficient (Wildman–Crippen LogP) is 2.17. The fourth-order valence-electron chi connectivity index (χ4n) is 3.86. The first-order chi connectivity index (χ1) is 12.2. The van der Waals surface area contributed by atoms with Gasteiger partial charge in [-0.05, 0) is 30.5 Å². The minimum absolute atomic E-state index is 0.0623. The number of nitrogens with two attached hydrogens (primary N) is 1. The Labute approximate surface area is 149 Å². The van der Waals surface area contributed by atoms with E-state index in [1.165, 1.54) is 17.0 Å². The van der Waals surface area contributed by atoms with Crippen LogP contribution in [0.15, 0.2) is 24.3 Å². The first-order valence-electron chi connectivity index (χ1n) is 8.65. The van der Waals surface area contributed by atoms with Crippen LogP contribution < -0.4 is 5.73 Å². The summed E-state index contributed by atoms with van der Waals surface area (Å²) in [6, 6.07) is 4.05. The van der Waals surface area contributed by atoms with E-state index in [1.807, 2.05) is 0 Å². The van der Waals surface area contributed by atoms with Gasteiger partial charge in [0.15, 0.2) is 0 Å². The summed E-state index contributed by atoms with van der Waals surface area (Å²) in [5, 5.41) is 0. The largest absolute Gasteiger partial charge is 0.416 e. The third-order valence-electron chi connectivity index (χ3n) is 5.25. The molecule has 0 bridgehead atoms. The van der Waals surface area contributed by atoms with Crippen molar-refractivity contribution in [2.45, 2.75) is 37.5 Å². The molecule has 0 unspecified atom stereocenters. The number of carbonyl (C=O) groups excluding carboxylic acids is 2. The standard InChI is InChI=1S/C18H22F3N3O2/c1-23-15(25)9-14(17(26)24-8-2-3-13(22)10-24)16(23)11-4-6-12(7-5-11)18(19,20)21/h4-7,13-14,16H,2-3,8-10,22H2,1H3/t13-,14-,16+/m0/s1. The van der Waals surface area contributed by atoms with Gasteiger partial charge in [-0.1, -0.05) is 12.1 Å². The second-order valence-corrected chi connectivity index (χ2v) is 7.07. The summed E-state index contributed by atoms with van der Waals surface area (Å²) in [6.45, 7) is 1.05. The van der Waals surface area contributed by atoms with Crippen molar-refractivity contribution >= 4 is 11.8 Å². The molecule has 2 heterocycles. The van der Waals surface area contributed by atoms with Gasteiger partial charge in [0.1, 0.15) is 0 Å². The molecule has 2 saturated heterocycles. The van der Waals surface area contributed by atoms with Gasteiger partial charge in [0.05, 0.1) is 17.5 Å². The molecule has 1 aromatic rings. The van der Waals surface area contributed by atoms with Crippen LogP contribution in [-0.4, -0.2) is 47.8 Å². The molecule has 2 aliphatic rings. The maximum atomic E-state index is 13.0. The van der Waals surface area contributed by atoms with Gasteiger partial charge in [0.2, 0.25) is 11.8 Å². The molecule has 8 heteroatoms. The molecule has 5 nitrogen and oxygen atoms in total. The lowest BCUT2D eigenvalue weighted by molar-refractivity contribution is -0.138. The second-order valence-electron chi connectivity index (χ2n) is 7.07. The number of amides is 2. The highest BCUT2D eigenvalue weighted by atomic mass is 19.4. The first kappa shape index (κ1) is 18.7. The number of rotatable bonds is 2. The van der Waals surface area contributed by atoms with Gasteiger partial charge < -0.3 is 15.5 Å². The Bertz CT molecular complexity index is 690. The Morgan fingerprint density at radius 3 is 2.46 bits per heavy atom. The number of carbonyl (C=O) groups is 2. The highest BCUT2D eigenvalue weighted by Gasteiger charge is 2.44. The molecule has 2 aliphatic heterocycles. The molecule has 0 saturated carbocycles. The van der Waals surface area contributed by atoms with Gasteiger partial charge in [-0.2, -0.15) is 13.2 Å². The maximum Gasteiger partial charge on any atom is 0.416 e. The number of benzene rings is 1. The third-order valence-corrected chi connectivity index (χ3v) is 5.25. The highest BCUT2D eigenvalue weighted by Crippen LogP contribution is 2.39. The molecular weight excluding hydrogens is 347 g/mol. The Kier molecular flexibility index (Phi) is 4.96. The molecule has 26 heavy (non-hydrogen) atoms. The van der Waals surface area contributed by atoms with E-state index in [0.29, 0.717) is 18.7 Å². The predicted molar refractivity (Wildman–Crippen MR) is 88.9 cm³/mol. The van der Waals surface area contributed by atoms with E-state index in [1.54, 1.807) is 11.9 Å². The van der Waals surface area contributed by atoms with Gasteiger partial charge in [0, 0.05) is 32.6 Å². The van der Waals surface area contributed by atoms with Crippen LogP contribution in [0.4, 0.5) is 13.2 Å². The smallest absolute Gasteiger partial charge is 0.341 e. The van der Waals surface area contributed by atoms with Crippen LogP contribution in [0.5, 0.6) is 0 Å². The van der Waals surface area contributed by atoms with Crippen LogP contribution in [0.25, 0.3) is 0 Å². The zero-order chi connectivity index (χ0) is 19.1. The summed E-state index contributed by atoms with van der Waals surface area (Å²) in [5.74, 6) is -0.938. The van der Waals surface area contributed by atoms with Crippen molar-refractivity contribution in [1.29, 1.82) is 0 Å². The first-order valence-corrected chi connectivity index (χ1v) is 8.65. The molecule has 0 aromatic heterocycles. The van der Waals surface area contributed by atoms with Crippen LogP contribution in [-0.2, 0) is 15.8 Å². The molecule has 142 valence electrons. The van der Waals surface area contributed by atoms with Crippen molar-refractivity contribution in [3.05, 3.63) is 35.4 Å². The van der Waals surface area contributed by atoms with Crippen molar-refractivity contribution in [2.24, 2.45) is 11.7 Å². The van der Waals surface area contributed by atoms with Crippen LogP contribution >= 0.6 is 0 Å². The average Bonchev–Trinajstić information content (AvgIpc) is 2.89. The lowest BCUT2D eigenvalue weighted by Crippen LogP contribution is -2.48. The number of piperidine rings is 1. The SMILES string of the molecule is CN1C(=O)C[C@H](C(=O)N2CCC[C@H](N)C2)[C@H]1c1ccc(C(F)(F)F)cc1. The molecule has 2 fully saturated rings. The van der Waals surface area contributed by atoms with Crippen molar-refractivity contribution in [3.63, 3.8) is 0 Å². The van der Waals surface area contributed by atoms with E-state index in [4.69, 9.17) is 5.73 Å². The molecule has 3 rings (SSSR count). The topological polar surface area (TPSA) is 66.6 Å². The number of nitrogens with zero attached hydrogens (tertiary/aromatic N) is 2. The van der Waals surface area contributed by atoms with E-state index in [2.05, 4.69) is 0 Å². The maximum absolute atomic E-state index is 13.0. The fourth-order valence-corrected chi connectivity index (χ4v) is 3.86. The quantitative estimate of drug-likeness (QED) is 0.869. The fraction of sp³-hybridized carbons (Fsp3) is 0.556. The van der Waals surface area contributed by atoms with Crippen molar-refractivity contribution in [2.75, 3.05) is 20.1 Å².